The molecule has 0 saturated carbocycles. The van der Waals surface area contributed by atoms with Gasteiger partial charge in [0, 0.05) is 55.8 Å². The van der Waals surface area contributed by atoms with Gasteiger partial charge in [0.2, 0.25) is 10.0 Å². The Bertz CT molecular complexity index is 1700. The summed E-state index contributed by atoms with van der Waals surface area (Å²) in [6.45, 7) is 8.79. The molecule has 1 N–H and O–H groups in total. The van der Waals surface area contributed by atoms with Crippen molar-refractivity contribution in [3.8, 4) is 5.75 Å². The highest BCUT2D eigenvalue weighted by Gasteiger charge is 2.47. The zero-order valence-corrected chi connectivity index (χ0v) is 29.0. The molecule has 11 nitrogen and oxygen atoms in total. The lowest BCUT2D eigenvalue weighted by molar-refractivity contribution is -0.274. The van der Waals surface area contributed by atoms with Crippen LogP contribution in [0.25, 0.3) is 6.08 Å². The number of amidine groups is 1. The van der Waals surface area contributed by atoms with Crippen molar-refractivity contribution in [3.63, 3.8) is 0 Å². The minimum Gasteiger partial charge on any atom is -0.406 e. The summed E-state index contributed by atoms with van der Waals surface area (Å²) in [4.78, 5) is 37.3. The van der Waals surface area contributed by atoms with E-state index in [0.29, 0.717) is 24.2 Å². The molecule has 2 aromatic rings. The van der Waals surface area contributed by atoms with E-state index in [1.54, 1.807) is 18.2 Å². The molecule has 2 saturated heterocycles. The van der Waals surface area contributed by atoms with Crippen molar-refractivity contribution >= 4 is 33.7 Å². The lowest BCUT2D eigenvalue weighted by Crippen LogP contribution is -2.50. The standard InChI is InChI=1S/C34H43F3N6O5S/c1-24-21-27(31(44)42-18-16-41(17-19-42)13-6-12-40(3)4)22-25(2)29(24)9-20-49(46,47)43-14-10-33(11-15-43)32(45)38-30(39-33)26-7-5-8-28(23-26)48-34(35,36)37/h5,7-9,20-23H,6,10-19H2,1-4H3,(H,38,39,45)/b20-9+. The predicted octanol–water partition coefficient (Wildman–Crippen LogP) is 3.62. The van der Waals surface area contributed by atoms with E-state index >= 15 is 0 Å². The zero-order chi connectivity index (χ0) is 35.6. The summed E-state index contributed by atoms with van der Waals surface area (Å²) in [5.41, 5.74) is 1.87. The number of aryl methyl sites for hydroxylation is 2. The van der Waals surface area contributed by atoms with Gasteiger partial charge in [-0.1, -0.05) is 12.1 Å². The fraction of sp³-hybridized carbons (Fsp3) is 0.500. The Morgan fingerprint density at radius 3 is 2.31 bits per heavy atom. The number of sulfonamides is 1. The van der Waals surface area contributed by atoms with Gasteiger partial charge in [-0.15, -0.1) is 13.2 Å². The number of carbonyl (C=O) groups is 2. The third kappa shape index (κ3) is 8.87. The molecule has 2 aromatic carbocycles. The van der Waals surface area contributed by atoms with E-state index in [-0.39, 0.29) is 43.2 Å². The first-order valence-electron chi connectivity index (χ1n) is 16.3. The number of rotatable bonds is 10. The second-order valence-electron chi connectivity index (χ2n) is 13.1. The van der Waals surface area contributed by atoms with Crippen LogP contribution in [0.4, 0.5) is 13.2 Å². The predicted molar refractivity (Wildman–Crippen MR) is 181 cm³/mol. The smallest absolute Gasteiger partial charge is 0.406 e. The summed E-state index contributed by atoms with van der Waals surface area (Å²) >= 11 is 0. The van der Waals surface area contributed by atoms with Crippen LogP contribution in [0.2, 0.25) is 0 Å². The van der Waals surface area contributed by atoms with Crippen LogP contribution in [0.15, 0.2) is 46.8 Å². The van der Waals surface area contributed by atoms with Gasteiger partial charge in [-0.3, -0.25) is 19.5 Å². The maximum atomic E-state index is 13.3. The topological polar surface area (TPSA) is 115 Å². The Labute approximate surface area is 285 Å². The highest BCUT2D eigenvalue weighted by atomic mass is 32.2. The Morgan fingerprint density at radius 2 is 1.69 bits per heavy atom. The number of aliphatic imine (C=N–C) groups is 1. The van der Waals surface area contributed by atoms with Gasteiger partial charge in [-0.05, 0) is 107 Å². The average molecular weight is 705 g/mol. The first-order valence-corrected chi connectivity index (χ1v) is 17.8. The van der Waals surface area contributed by atoms with E-state index in [1.807, 2.05) is 18.7 Å². The molecule has 0 aromatic heterocycles. The third-order valence-electron chi connectivity index (χ3n) is 9.22. The molecule has 49 heavy (non-hydrogen) atoms. The van der Waals surface area contributed by atoms with E-state index in [9.17, 15) is 31.2 Å². The van der Waals surface area contributed by atoms with Gasteiger partial charge < -0.3 is 19.9 Å². The van der Waals surface area contributed by atoms with Crippen molar-refractivity contribution in [1.82, 2.24) is 24.3 Å². The number of piperidine rings is 1. The minimum absolute atomic E-state index is 0.0302. The molecule has 0 atom stereocenters. The number of hydrogen-bond donors (Lipinski definition) is 1. The van der Waals surface area contributed by atoms with Gasteiger partial charge in [0.1, 0.15) is 17.1 Å². The third-order valence-corrected chi connectivity index (χ3v) is 10.8. The molecule has 0 bridgehead atoms. The molecule has 3 aliphatic rings. The minimum atomic E-state index is -4.87. The van der Waals surface area contributed by atoms with E-state index in [2.05, 4.69) is 38.9 Å². The molecular weight excluding hydrogens is 661 g/mol. The quantitative estimate of drug-likeness (QED) is 0.402. The molecule has 3 heterocycles. The molecule has 15 heteroatoms. The van der Waals surface area contributed by atoms with Gasteiger partial charge >= 0.3 is 6.36 Å². The number of hydrogen-bond acceptors (Lipinski definition) is 8. The van der Waals surface area contributed by atoms with Crippen molar-refractivity contribution < 1.29 is 35.9 Å². The number of piperazine rings is 1. The number of nitrogens with one attached hydrogen (secondary N) is 1. The van der Waals surface area contributed by atoms with Crippen LogP contribution in [0.3, 0.4) is 0 Å². The maximum Gasteiger partial charge on any atom is 0.573 e. The number of ether oxygens (including phenoxy) is 1. The molecule has 2 amide bonds. The summed E-state index contributed by atoms with van der Waals surface area (Å²) in [6.07, 6.45) is -2.03. The zero-order valence-electron chi connectivity index (χ0n) is 28.2. The van der Waals surface area contributed by atoms with E-state index in [1.165, 1.54) is 16.4 Å². The normalized spacial score (nSPS) is 19.1. The fourth-order valence-corrected chi connectivity index (χ4v) is 7.68. The Hall–Kier alpha value is -3.79. The van der Waals surface area contributed by atoms with Gasteiger partial charge in [-0.2, -0.15) is 4.31 Å². The van der Waals surface area contributed by atoms with Crippen LogP contribution in [0, 0.1) is 13.8 Å². The van der Waals surface area contributed by atoms with Gasteiger partial charge in [0.05, 0.1) is 0 Å². The van der Waals surface area contributed by atoms with Crippen LogP contribution < -0.4 is 10.1 Å². The second-order valence-corrected chi connectivity index (χ2v) is 14.9. The summed E-state index contributed by atoms with van der Waals surface area (Å²) in [6, 6.07) is 8.76. The van der Waals surface area contributed by atoms with Crippen molar-refractivity contribution in [2.75, 3.05) is 66.5 Å². The van der Waals surface area contributed by atoms with Gasteiger partial charge in [0.25, 0.3) is 11.8 Å². The van der Waals surface area contributed by atoms with Gasteiger partial charge in [0.15, 0.2) is 0 Å². The largest absolute Gasteiger partial charge is 0.573 e. The summed E-state index contributed by atoms with van der Waals surface area (Å²) < 4.78 is 70.0. The first kappa shape index (κ1) is 36.5. The second kappa shape index (κ2) is 14.6. The lowest BCUT2D eigenvalue weighted by atomic mass is 9.89. The maximum absolute atomic E-state index is 13.3. The van der Waals surface area contributed by atoms with Crippen molar-refractivity contribution in [2.24, 2.45) is 4.99 Å². The molecule has 3 aliphatic heterocycles. The van der Waals surface area contributed by atoms with E-state index in [0.717, 1.165) is 61.3 Å². The molecule has 0 aliphatic carbocycles. The number of nitrogens with zero attached hydrogens (tertiary/aromatic N) is 5. The van der Waals surface area contributed by atoms with E-state index in [4.69, 9.17) is 0 Å². The summed E-state index contributed by atoms with van der Waals surface area (Å²) in [5.74, 6) is -0.796. The first-order chi connectivity index (χ1) is 23.0. The van der Waals surface area contributed by atoms with Crippen molar-refractivity contribution in [1.29, 1.82) is 0 Å². The highest BCUT2D eigenvalue weighted by Crippen LogP contribution is 2.33. The number of carbonyl (C=O) groups excluding carboxylic acids is 2. The molecule has 266 valence electrons. The van der Waals surface area contributed by atoms with Crippen LogP contribution in [-0.4, -0.2) is 123 Å². The Balaban J connectivity index is 1.20. The van der Waals surface area contributed by atoms with E-state index < -0.39 is 33.6 Å². The van der Waals surface area contributed by atoms with Crippen LogP contribution >= 0.6 is 0 Å². The number of alkyl halides is 3. The monoisotopic (exact) mass is 704 g/mol. The number of benzene rings is 2. The fourth-order valence-electron chi connectivity index (χ4n) is 6.51. The molecule has 0 radical (unpaired) electrons. The summed E-state index contributed by atoms with van der Waals surface area (Å²) in [5, 5.41) is 3.79. The van der Waals surface area contributed by atoms with Crippen LogP contribution in [-0.2, 0) is 14.8 Å². The van der Waals surface area contributed by atoms with Crippen LogP contribution in [0.1, 0.15) is 51.9 Å². The molecular formula is C34H43F3N6O5S. The number of amides is 2. The Morgan fingerprint density at radius 1 is 1.04 bits per heavy atom. The molecule has 2 fully saturated rings. The van der Waals surface area contributed by atoms with Crippen LogP contribution in [0.5, 0.6) is 5.75 Å². The molecule has 5 rings (SSSR count). The highest BCUT2D eigenvalue weighted by molar-refractivity contribution is 7.92. The van der Waals surface area contributed by atoms with Gasteiger partial charge in [-0.25, -0.2) is 8.42 Å². The average Bonchev–Trinajstić information content (AvgIpc) is 3.34. The number of halogens is 3. The molecule has 1 spiro atoms. The lowest BCUT2D eigenvalue weighted by Gasteiger charge is -2.35. The van der Waals surface area contributed by atoms with Crippen molar-refractivity contribution in [2.45, 2.75) is 45.0 Å². The SMILES string of the molecule is Cc1cc(C(=O)N2CCN(CCCN(C)C)CC2)cc(C)c1/C=C/S(=O)(=O)N1CCC2(CC1)N=C(c1cccc(OC(F)(F)F)c1)NC2=O. The molecule has 0 unspecified atom stereocenters. The Kier molecular flexibility index (Phi) is 10.9. The van der Waals surface area contributed by atoms with Crippen molar-refractivity contribution in [3.05, 3.63) is 69.6 Å². The summed E-state index contributed by atoms with van der Waals surface area (Å²) in [7, 11) is 0.260.